The van der Waals surface area contributed by atoms with Crippen LogP contribution in [0.4, 0.5) is 26.3 Å². The Morgan fingerprint density at radius 2 is 0.621 bits per heavy atom. The second kappa shape index (κ2) is 25.9. The summed E-state index contributed by atoms with van der Waals surface area (Å²) in [5.41, 5.74) is -1.58. The van der Waals surface area contributed by atoms with E-state index in [2.05, 4.69) is 130 Å². The molecule has 87 heavy (non-hydrogen) atoms. The number of hydrogen-bond acceptors (Lipinski definition) is 13. The minimum Gasteiger partial charge on any atom is -0.508 e. The summed E-state index contributed by atoms with van der Waals surface area (Å²) in [7, 11) is -12.7. The van der Waals surface area contributed by atoms with E-state index in [1.165, 1.54) is 48.2 Å². The molecule has 2 heterocycles. The molecule has 0 radical (unpaired) electrons. The van der Waals surface area contributed by atoms with Gasteiger partial charge in [-0.3, -0.25) is 0 Å². The maximum Gasteiger partial charge on any atom is 0.534 e. The van der Waals surface area contributed by atoms with Crippen LogP contribution >= 0.6 is 15.9 Å². The number of halogens is 7. The Morgan fingerprint density at radius 3 is 0.897 bits per heavy atom. The molecule has 2 saturated heterocycles. The molecule has 0 bridgehead atoms. The Morgan fingerprint density at radius 1 is 0.379 bits per heavy atom. The first-order chi connectivity index (χ1) is 40.0. The highest BCUT2D eigenvalue weighted by Gasteiger charge is 2.54. The molecule has 2 aliphatic heterocycles. The standard InChI is InChI=1S/C26H36B2O4.C16H12F6O6S2.C14H14O2.C7H7BrO/c1-17-19(13-11-15-21(17)27-29-23(3,4)24(5,6)30-27)20-14-12-16-22(18(20)2)28-31-25(7,8)26(9,10)32-28;1-9-11(5-3-7-13(9)27-29(23,24)15(17,18)19)12-6-4-8-14(10(12)2)28-30(25,26)16(20,21)22;1-9-11(5-3-7-13(9)15)12-6-4-8-14(16)10(12)2;1-5-6(8)3-2-4-7(5)9/h11-16H,1-10H3;3-8H,1-2H3;3-8,15-16H,1-2H3;2-4,9H,1H3. The number of phenolic OH excluding ortho intramolecular Hbond substituents is 3. The zero-order chi connectivity index (χ0) is 65.4. The number of rotatable bonds is 9. The number of benzene rings is 7. The van der Waals surface area contributed by atoms with Gasteiger partial charge in [-0.1, -0.05) is 107 Å². The van der Waals surface area contributed by atoms with Crippen LogP contribution in [-0.4, -0.2) is 79.8 Å². The first-order valence-electron chi connectivity index (χ1n) is 27.1. The van der Waals surface area contributed by atoms with Crippen LogP contribution in [0.1, 0.15) is 94.3 Å². The van der Waals surface area contributed by atoms with Crippen LogP contribution in [0.15, 0.2) is 132 Å². The van der Waals surface area contributed by atoms with Gasteiger partial charge in [-0.25, -0.2) is 0 Å². The minimum absolute atomic E-state index is 0.0808. The summed E-state index contributed by atoms with van der Waals surface area (Å²) < 4.78 is 155. The smallest absolute Gasteiger partial charge is 0.508 e. The van der Waals surface area contributed by atoms with Crippen molar-refractivity contribution in [3.8, 4) is 62.1 Å². The quantitative estimate of drug-likeness (QED) is 0.0537. The predicted molar refractivity (Wildman–Crippen MR) is 331 cm³/mol. The first-order valence-corrected chi connectivity index (χ1v) is 30.7. The molecular formula is C63H69B2BrF6O13S2. The maximum absolute atomic E-state index is 12.6. The molecule has 13 nitrogen and oxygen atoms in total. The van der Waals surface area contributed by atoms with E-state index in [-0.39, 0.29) is 70.4 Å². The van der Waals surface area contributed by atoms with E-state index >= 15 is 0 Å². The average Bonchev–Trinajstić information content (AvgIpc) is 1.90. The van der Waals surface area contributed by atoms with Gasteiger partial charge in [0, 0.05) is 21.2 Å². The van der Waals surface area contributed by atoms with Gasteiger partial charge in [-0.05, 0) is 207 Å². The molecule has 0 unspecified atom stereocenters. The summed E-state index contributed by atoms with van der Waals surface area (Å²) in [5, 5.41) is 28.4. The normalized spacial score (nSPS) is 15.9. The Bertz CT molecular complexity index is 3630. The van der Waals surface area contributed by atoms with Crippen LogP contribution in [0, 0.1) is 48.5 Å². The molecule has 2 fully saturated rings. The lowest BCUT2D eigenvalue weighted by Gasteiger charge is -2.32. The summed E-state index contributed by atoms with van der Waals surface area (Å²) >= 11 is 3.29. The molecule has 0 saturated carbocycles. The molecule has 7 aromatic carbocycles. The molecule has 3 N–H and O–H groups in total. The monoisotopic (exact) mass is 1310 g/mol. The van der Waals surface area contributed by atoms with E-state index < -0.39 is 42.8 Å². The van der Waals surface area contributed by atoms with Crippen LogP contribution in [0.2, 0.25) is 0 Å². The van der Waals surface area contributed by atoms with Gasteiger partial charge >= 0.3 is 45.5 Å². The van der Waals surface area contributed by atoms with Gasteiger partial charge in [0.25, 0.3) is 0 Å². The molecule has 0 amide bonds. The SMILES string of the molecule is Cc1c(B2OC(C)(C)C(C)(C)O2)cccc1-c1cccc(B2OC(C)(C)C(C)(C)O2)c1C.Cc1c(O)cccc1-c1cccc(O)c1C.Cc1c(O)cccc1Br.Cc1c(OS(=O)(=O)C(F)(F)F)cccc1-c1cccc(OS(=O)(=O)C(F)(F)F)c1C. The molecule has 7 aromatic rings. The molecule has 0 aliphatic carbocycles. The summed E-state index contributed by atoms with van der Waals surface area (Å²) in [6.07, 6.45) is 0. The molecule has 0 spiro atoms. The van der Waals surface area contributed by atoms with Crippen molar-refractivity contribution >= 4 is 61.3 Å². The number of aromatic hydroxyl groups is 3. The Labute approximate surface area is 514 Å². The van der Waals surface area contributed by atoms with E-state index in [0.29, 0.717) is 5.75 Å². The molecule has 24 heteroatoms. The Hall–Kier alpha value is -6.53. The molecule has 0 atom stereocenters. The van der Waals surface area contributed by atoms with Gasteiger partial charge in [0.15, 0.2) is 0 Å². The summed E-state index contributed by atoms with van der Waals surface area (Å²) in [6.45, 7) is 29.0. The topological polar surface area (TPSA) is 184 Å². The highest BCUT2D eigenvalue weighted by atomic mass is 79.9. The van der Waals surface area contributed by atoms with Crippen molar-refractivity contribution < 1.29 is 85.5 Å². The largest absolute Gasteiger partial charge is 0.534 e. The lowest BCUT2D eigenvalue weighted by molar-refractivity contribution is -0.0505. The fourth-order valence-electron chi connectivity index (χ4n) is 9.09. The molecule has 0 aromatic heterocycles. The second-order valence-electron chi connectivity index (χ2n) is 22.8. The van der Waals surface area contributed by atoms with E-state index in [0.717, 1.165) is 67.5 Å². The number of alkyl halides is 6. The molecule has 2 aliphatic rings. The van der Waals surface area contributed by atoms with Crippen LogP contribution in [0.5, 0.6) is 28.7 Å². The van der Waals surface area contributed by atoms with Gasteiger partial charge < -0.3 is 42.3 Å². The number of hydrogen-bond donors (Lipinski definition) is 3. The fraction of sp³-hybridized carbons (Fsp3) is 0.333. The van der Waals surface area contributed by atoms with Crippen molar-refractivity contribution in [3.05, 3.63) is 171 Å². The lowest BCUT2D eigenvalue weighted by Crippen LogP contribution is -2.41. The van der Waals surface area contributed by atoms with E-state index in [1.54, 1.807) is 36.4 Å². The molecular weight excluding hydrogens is 1240 g/mol. The summed E-state index contributed by atoms with van der Waals surface area (Å²) in [5.74, 6) is -0.443. The van der Waals surface area contributed by atoms with Crippen molar-refractivity contribution in [1.29, 1.82) is 0 Å². The highest BCUT2D eigenvalue weighted by molar-refractivity contribution is 9.10. The Kier molecular flexibility index (Phi) is 20.7. The van der Waals surface area contributed by atoms with Gasteiger partial charge in [0.2, 0.25) is 0 Å². The van der Waals surface area contributed by atoms with Crippen molar-refractivity contribution in [1.82, 2.24) is 0 Å². The first kappa shape index (κ1) is 69.6. The van der Waals surface area contributed by atoms with Crippen LogP contribution < -0.4 is 19.3 Å². The van der Waals surface area contributed by atoms with Gasteiger partial charge in [-0.15, -0.1) is 0 Å². The van der Waals surface area contributed by atoms with E-state index in [1.807, 2.05) is 39.0 Å². The van der Waals surface area contributed by atoms with E-state index in [9.17, 15) is 53.4 Å². The van der Waals surface area contributed by atoms with Crippen LogP contribution in [0.25, 0.3) is 33.4 Å². The Balaban J connectivity index is 0.000000202. The average molecular weight is 1310 g/mol. The lowest BCUT2D eigenvalue weighted by atomic mass is 9.72. The van der Waals surface area contributed by atoms with E-state index in [4.69, 9.17) is 23.7 Å². The number of phenols is 3. The highest BCUT2D eigenvalue weighted by Crippen LogP contribution is 2.42. The summed E-state index contributed by atoms with van der Waals surface area (Å²) in [6, 6.07) is 35.8. The van der Waals surface area contributed by atoms with Crippen molar-refractivity contribution in [2.75, 3.05) is 0 Å². The van der Waals surface area contributed by atoms with Crippen LogP contribution in [-0.2, 0) is 38.9 Å². The maximum atomic E-state index is 12.6. The third-order valence-electron chi connectivity index (χ3n) is 16.0. The van der Waals surface area contributed by atoms with Crippen molar-refractivity contribution in [2.24, 2.45) is 0 Å². The van der Waals surface area contributed by atoms with Crippen molar-refractivity contribution in [3.63, 3.8) is 0 Å². The fourth-order valence-corrected chi connectivity index (χ4v) is 10.5. The van der Waals surface area contributed by atoms with Crippen LogP contribution in [0.3, 0.4) is 0 Å². The second-order valence-corrected chi connectivity index (χ2v) is 26.8. The zero-order valence-corrected chi connectivity index (χ0v) is 53.9. The summed E-state index contributed by atoms with van der Waals surface area (Å²) in [4.78, 5) is 0. The minimum atomic E-state index is -5.96. The van der Waals surface area contributed by atoms with Gasteiger partial charge in [-0.2, -0.15) is 43.2 Å². The van der Waals surface area contributed by atoms with Gasteiger partial charge in [0.1, 0.15) is 28.7 Å². The predicted octanol–water partition coefficient (Wildman–Crippen LogP) is 14.8. The van der Waals surface area contributed by atoms with Crippen molar-refractivity contribution in [2.45, 2.75) is 137 Å². The third kappa shape index (κ3) is 15.1. The third-order valence-corrected chi connectivity index (χ3v) is 18.8. The molecule has 9 rings (SSSR count). The van der Waals surface area contributed by atoms with Gasteiger partial charge in [0.05, 0.1) is 22.4 Å². The molecule has 466 valence electrons. The zero-order valence-electron chi connectivity index (χ0n) is 50.7.